The molecule has 8 heteroatoms. The molecule has 0 atom stereocenters. The topological polar surface area (TPSA) is 73.3 Å². The zero-order valence-corrected chi connectivity index (χ0v) is 16.6. The molecule has 6 nitrogen and oxygen atoms in total. The number of hydrogen-bond donors (Lipinski definition) is 1. The molecule has 0 saturated heterocycles. The number of nitrogens with zero attached hydrogens (tertiary/aromatic N) is 2. The Morgan fingerprint density at radius 1 is 1.11 bits per heavy atom. The molecule has 0 unspecified atom stereocenters. The third-order valence-corrected chi connectivity index (χ3v) is 5.71. The van der Waals surface area contributed by atoms with Crippen LogP contribution in [0.1, 0.15) is 11.1 Å². The summed E-state index contributed by atoms with van der Waals surface area (Å²) in [4.78, 5) is 12.1. The Balaban J connectivity index is 1.50. The summed E-state index contributed by atoms with van der Waals surface area (Å²) < 4.78 is 11.5. The van der Waals surface area contributed by atoms with Crippen LogP contribution in [0.3, 0.4) is 0 Å². The van der Waals surface area contributed by atoms with E-state index in [2.05, 4.69) is 34.6 Å². The lowest BCUT2D eigenvalue weighted by molar-refractivity contribution is -0.118. The van der Waals surface area contributed by atoms with E-state index in [4.69, 9.17) is 9.47 Å². The number of para-hydroxylation sites is 2. The largest absolute Gasteiger partial charge is 0.493 e. The number of aryl methyl sites for hydroxylation is 1. The Morgan fingerprint density at radius 2 is 1.85 bits per heavy atom. The van der Waals surface area contributed by atoms with Crippen molar-refractivity contribution in [1.29, 1.82) is 0 Å². The number of anilines is 1. The van der Waals surface area contributed by atoms with Crippen LogP contribution in [-0.2, 0) is 10.5 Å². The zero-order chi connectivity index (χ0) is 19.1. The molecule has 27 heavy (non-hydrogen) atoms. The number of thioether (sulfide) groups is 1. The van der Waals surface area contributed by atoms with Gasteiger partial charge in [0.2, 0.25) is 5.13 Å². The van der Waals surface area contributed by atoms with E-state index >= 15 is 0 Å². The Bertz CT molecular complexity index is 914. The number of hydrogen-bond acceptors (Lipinski definition) is 7. The summed E-state index contributed by atoms with van der Waals surface area (Å²) in [7, 11) is 1.56. The molecule has 1 N–H and O–H groups in total. The summed E-state index contributed by atoms with van der Waals surface area (Å²) in [5.41, 5.74) is 2.50. The van der Waals surface area contributed by atoms with Gasteiger partial charge in [0.1, 0.15) is 0 Å². The molecule has 140 valence electrons. The van der Waals surface area contributed by atoms with Crippen molar-refractivity contribution in [2.45, 2.75) is 17.0 Å². The second-order valence-corrected chi connectivity index (χ2v) is 7.78. The lowest BCUT2D eigenvalue weighted by Crippen LogP contribution is -2.20. The van der Waals surface area contributed by atoms with Crippen LogP contribution in [0, 0.1) is 6.92 Å². The van der Waals surface area contributed by atoms with Gasteiger partial charge in [0, 0.05) is 5.75 Å². The van der Waals surface area contributed by atoms with Crippen LogP contribution in [0.2, 0.25) is 0 Å². The predicted octanol–water partition coefficient (Wildman–Crippen LogP) is 4.16. The third-order valence-electron chi connectivity index (χ3n) is 3.69. The number of aromatic nitrogens is 2. The number of nitrogens with one attached hydrogen (secondary N) is 1. The highest BCUT2D eigenvalue weighted by molar-refractivity contribution is 8.00. The molecule has 3 aromatic rings. The maximum atomic E-state index is 12.1. The second kappa shape index (κ2) is 9.38. The fraction of sp³-hybridized carbons (Fsp3) is 0.211. The molecule has 0 radical (unpaired) electrons. The van der Waals surface area contributed by atoms with Gasteiger partial charge >= 0.3 is 0 Å². The van der Waals surface area contributed by atoms with E-state index in [1.165, 1.54) is 22.5 Å². The highest BCUT2D eigenvalue weighted by Crippen LogP contribution is 2.29. The standard InChI is InChI=1S/C19H19N3O3S2/c1-13-7-3-4-8-14(13)12-26-19-22-21-18(27-19)20-17(23)11-25-16-10-6-5-9-15(16)24-2/h3-10H,11-12H2,1-2H3,(H,20,21,23). The van der Waals surface area contributed by atoms with Crippen molar-refractivity contribution < 1.29 is 14.3 Å². The summed E-state index contributed by atoms with van der Waals surface area (Å²) in [6.45, 7) is 1.95. The Kier molecular flexibility index (Phi) is 6.67. The molecule has 0 aliphatic rings. The van der Waals surface area contributed by atoms with Crippen molar-refractivity contribution in [2.24, 2.45) is 0 Å². The minimum atomic E-state index is -0.299. The maximum absolute atomic E-state index is 12.1. The van der Waals surface area contributed by atoms with Crippen LogP contribution < -0.4 is 14.8 Å². The third kappa shape index (κ3) is 5.45. The first-order valence-electron chi connectivity index (χ1n) is 8.22. The number of benzene rings is 2. The Labute approximate surface area is 165 Å². The molecule has 0 fully saturated rings. The second-order valence-electron chi connectivity index (χ2n) is 5.58. The zero-order valence-electron chi connectivity index (χ0n) is 15.0. The fourth-order valence-corrected chi connectivity index (χ4v) is 4.11. The molecule has 0 saturated carbocycles. The quantitative estimate of drug-likeness (QED) is 0.451. The summed E-state index contributed by atoms with van der Waals surface area (Å²) in [5, 5.41) is 11.3. The van der Waals surface area contributed by atoms with E-state index in [9.17, 15) is 4.79 Å². The van der Waals surface area contributed by atoms with Gasteiger partial charge in [0.15, 0.2) is 22.4 Å². The lowest BCUT2D eigenvalue weighted by atomic mass is 10.1. The minimum Gasteiger partial charge on any atom is -0.493 e. The van der Waals surface area contributed by atoms with Crippen LogP contribution in [0.5, 0.6) is 11.5 Å². The first kappa shape index (κ1) is 19.2. The summed E-state index contributed by atoms with van der Waals surface area (Å²) in [5.74, 6) is 1.61. The lowest BCUT2D eigenvalue weighted by Gasteiger charge is -2.09. The summed E-state index contributed by atoms with van der Waals surface area (Å²) in [6.07, 6.45) is 0. The first-order chi connectivity index (χ1) is 13.2. The van der Waals surface area contributed by atoms with Gasteiger partial charge in [0.25, 0.3) is 5.91 Å². The molecule has 2 aromatic carbocycles. The smallest absolute Gasteiger partial charge is 0.264 e. The molecule has 0 bridgehead atoms. The van der Waals surface area contributed by atoms with Crippen molar-refractivity contribution in [3.05, 3.63) is 59.7 Å². The van der Waals surface area contributed by atoms with Crippen LogP contribution in [-0.4, -0.2) is 29.8 Å². The average Bonchev–Trinajstić information content (AvgIpc) is 3.13. The summed E-state index contributed by atoms with van der Waals surface area (Å²) >= 11 is 2.94. The highest BCUT2D eigenvalue weighted by atomic mass is 32.2. The molecular weight excluding hydrogens is 382 g/mol. The fourth-order valence-electron chi connectivity index (χ4n) is 2.27. The van der Waals surface area contributed by atoms with E-state index < -0.39 is 0 Å². The van der Waals surface area contributed by atoms with E-state index in [0.29, 0.717) is 16.6 Å². The average molecular weight is 402 g/mol. The van der Waals surface area contributed by atoms with Gasteiger partial charge in [-0.1, -0.05) is 59.5 Å². The maximum Gasteiger partial charge on any atom is 0.264 e. The van der Waals surface area contributed by atoms with Crippen LogP contribution in [0.15, 0.2) is 52.9 Å². The van der Waals surface area contributed by atoms with Crippen molar-refractivity contribution >= 4 is 34.1 Å². The van der Waals surface area contributed by atoms with Crippen LogP contribution in [0.25, 0.3) is 0 Å². The molecule has 1 heterocycles. The van der Waals surface area contributed by atoms with Gasteiger partial charge < -0.3 is 9.47 Å². The molecule has 0 spiro atoms. The normalized spacial score (nSPS) is 10.4. The van der Waals surface area contributed by atoms with E-state index in [1.54, 1.807) is 31.0 Å². The Morgan fingerprint density at radius 3 is 2.63 bits per heavy atom. The van der Waals surface area contributed by atoms with Gasteiger partial charge in [-0.05, 0) is 30.2 Å². The molecule has 3 rings (SSSR count). The number of carbonyl (C=O) groups is 1. The molecular formula is C19H19N3O3S2. The van der Waals surface area contributed by atoms with Crippen molar-refractivity contribution in [2.75, 3.05) is 19.0 Å². The van der Waals surface area contributed by atoms with E-state index in [-0.39, 0.29) is 12.5 Å². The van der Waals surface area contributed by atoms with Gasteiger partial charge in [0.05, 0.1) is 7.11 Å². The van der Waals surface area contributed by atoms with Gasteiger partial charge in [-0.3, -0.25) is 10.1 Å². The summed E-state index contributed by atoms with van der Waals surface area (Å²) in [6, 6.07) is 15.4. The van der Waals surface area contributed by atoms with Gasteiger partial charge in [-0.15, -0.1) is 10.2 Å². The van der Waals surface area contributed by atoms with Gasteiger partial charge in [-0.25, -0.2) is 0 Å². The number of ether oxygens (including phenoxy) is 2. The number of carbonyl (C=O) groups excluding carboxylic acids is 1. The SMILES string of the molecule is COc1ccccc1OCC(=O)Nc1nnc(SCc2ccccc2C)s1. The number of rotatable bonds is 8. The molecule has 1 aromatic heterocycles. The number of amides is 1. The van der Waals surface area contributed by atoms with Crippen molar-refractivity contribution in [3.8, 4) is 11.5 Å². The molecule has 1 amide bonds. The van der Waals surface area contributed by atoms with E-state index in [0.717, 1.165) is 10.1 Å². The Hall–Kier alpha value is -2.58. The minimum absolute atomic E-state index is 0.133. The molecule has 0 aliphatic heterocycles. The molecule has 0 aliphatic carbocycles. The highest BCUT2D eigenvalue weighted by Gasteiger charge is 2.11. The monoisotopic (exact) mass is 401 g/mol. The first-order valence-corrected chi connectivity index (χ1v) is 10.0. The van der Waals surface area contributed by atoms with Gasteiger partial charge in [-0.2, -0.15) is 0 Å². The van der Waals surface area contributed by atoms with Crippen LogP contribution in [0.4, 0.5) is 5.13 Å². The van der Waals surface area contributed by atoms with E-state index in [1.807, 2.05) is 24.3 Å². The number of methoxy groups -OCH3 is 1. The van der Waals surface area contributed by atoms with Crippen molar-refractivity contribution in [1.82, 2.24) is 10.2 Å². The van der Waals surface area contributed by atoms with Crippen molar-refractivity contribution in [3.63, 3.8) is 0 Å². The predicted molar refractivity (Wildman–Crippen MR) is 108 cm³/mol. The van der Waals surface area contributed by atoms with Crippen LogP contribution >= 0.6 is 23.1 Å².